The number of rotatable bonds is 6. The van der Waals surface area contributed by atoms with E-state index < -0.39 is 0 Å². The van der Waals surface area contributed by atoms with Gasteiger partial charge in [-0.1, -0.05) is 0 Å². The Bertz CT molecular complexity index is 396. The second-order valence-corrected chi connectivity index (χ2v) is 4.87. The van der Waals surface area contributed by atoms with Crippen LogP contribution in [0.3, 0.4) is 0 Å². The van der Waals surface area contributed by atoms with E-state index >= 15 is 0 Å². The zero-order chi connectivity index (χ0) is 12.6. The first-order valence-electron chi connectivity index (χ1n) is 7.01. The third-order valence-electron chi connectivity index (χ3n) is 3.50. The van der Waals surface area contributed by atoms with Crippen molar-refractivity contribution in [2.45, 2.75) is 30.3 Å². The van der Waals surface area contributed by atoms with Gasteiger partial charge in [0.1, 0.15) is 0 Å². The Morgan fingerprint density at radius 1 is 0.722 bits per heavy atom. The molecule has 18 heavy (non-hydrogen) atoms. The van der Waals surface area contributed by atoms with E-state index in [1.165, 1.54) is 35.5 Å². The van der Waals surface area contributed by atoms with Gasteiger partial charge in [0.2, 0.25) is 0 Å². The minimum absolute atomic E-state index is 0.555. The van der Waals surface area contributed by atoms with Crippen molar-refractivity contribution >= 4 is 17.7 Å². The summed E-state index contributed by atoms with van der Waals surface area (Å²) in [4.78, 5) is 0. The van der Waals surface area contributed by atoms with E-state index in [1.54, 1.807) is 0 Å². The second-order valence-electron chi connectivity index (χ2n) is 4.87. The van der Waals surface area contributed by atoms with Crippen molar-refractivity contribution in [3.63, 3.8) is 0 Å². The molecule has 0 spiro atoms. The van der Waals surface area contributed by atoms with Crippen LogP contribution in [0.1, 0.15) is 36.3 Å². The molecule has 0 N–H and O–H groups in total. The molecular formula is C17H19Li. The van der Waals surface area contributed by atoms with Gasteiger partial charge in [-0.25, -0.2) is 0 Å². The standard InChI is InChI=1S/C17H19.Li/c1-2-3-14-17(15-10-6-4-7-11-15)16-12-8-5-9-13-16;/h4-13,17H,1-3,14H2;. The molecule has 0 fully saturated rings. The second kappa shape index (κ2) is 7.47. The van der Waals surface area contributed by atoms with Crippen molar-refractivity contribution in [1.82, 2.24) is 0 Å². The first-order chi connectivity index (χ1) is 8.92. The van der Waals surface area contributed by atoms with Gasteiger partial charge in [-0.3, -0.25) is 0 Å². The molecule has 0 nitrogen and oxygen atoms in total. The molecule has 0 aliphatic rings. The Balaban J connectivity index is 2.18. The molecule has 0 heterocycles. The van der Waals surface area contributed by atoms with E-state index in [0.29, 0.717) is 5.92 Å². The Hall–Kier alpha value is -0.963. The van der Waals surface area contributed by atoms with Crippen molar-refractivity contribution in [3.05, 3.63) is 71.8 Å². The van der Waals surface area contributed by atoms with Crippen LogP contribution in [0.2, 0.25) is 5.09 Å². The fourth-order valence-electron chi connectivity index (χ4n) is 2.49. The number of hydrogen-bond acceptors (Lipinski definition) is 0. The summed E-state index contributed by atoms with van der Waals surface area (Å²) in [5.74, 6) is 0.555. The monoisotopic (exact) mass is 230 g/mol. The predicted octanol–water partition coefficient (Wildman–Crippen LogP) is 4.58. The van der Waals surface area contributed by atoms with Gasteiger partial charge in [-0.15, -0.1) is 0 Å². The summed E-state index contributed by atoms with van der Waals surface area (Å²) in [7, 11) is 0. The molecule has 2 aromatic rings. The summed E-state index contributed by atoms with van der Waals surface area (Å²) in [5.41, 5.74) is 2.89. The van der Waals surface area contributed by atoms with Gasteiger partial charge in [0.25, 0.3) is 0 Å². The van der Waals surface area contributed by atoms with E-state index in [1.807, 2.05) is 0 Å². The van der Waals surface area contributed by atoms with Gasteiger partial charge in [-0.2, -0.15) is 0 Å². The molecule has 0 saturated heterocycles. The van der Waals surface area contributed by atoms with E-state index in [4.69, 9.17) is 0 Å². The molecule has 0 unspecified atom stereocenters. The van der Waals surface area contributed by atoms with Crippen LogP contribution in [-0.2, 0) is 0 Å². The van der Waals surface area contributed by atoms with Gasteiger partial charge in [0, 0.05) is 0 Å². The average Bonchev–Trinajstić information content (AvgIpc) is 2.46. The summed E-state index contributed by atoms with van der Waals surface area (Å²) in [6.07, 6.45) is 3.89. The van der Waals surface area contributed by atoms with Gasteiger partial charge in [0.05, 0.1) is 0 Å². The zero-order valence-corrected chi connectivity index (χ0v) is 11.2. The summed E-state index contributed by atoms with van der Waals surface area (Å²) >= 11 is 2.26. The van der Waals surface area contributed by atoms with Crippen LogP contribution >= 0.6 is 0 Å². The van der Waals surface area contributed by atoms with Gasteiger partial charge in [-0.05, 0) is 0 Å². The molecule has 0 bridgehead atoms. The molecule has 0 atom stereocenters. The minimum atomic E-state index is 0.555. The molecule has 0 saturated carbocycles. The molecule has 0 amide bonds. The third-order valence-corrected chi connectivity index (χ3v) is 3.50. The fraction of sp³-hybridized carbons (Fsp3) is 0.294. The fourth-order valence-corrected chi connectivity index (χ4v) is 2.49. The van der Waals surface area contributed by atoms with Crippen LogP contribution in [0.5, 0.6) is 0 Å². The van der Waals surface area contributed by atoms with E-state index in [2.05, 4.69) is 78.4 Å². The van der Waals surface area contributed by atoms with Crippen LogP contribution in [0.25, 0.3) is 0 Å². The van der Waals surface area contributed by atoms with Crippen molar-refractivity contribution in [2.75, 3.05) is 0 Å². The van der Waals surface area contributed by atoms with Gasteiger partial charge >= 0.3 is 120 Å². The summed E-state index contributed by atoms with van der Waals surface area (Å²) < 4.78 is 0. The number of hydrogen-bond donors (Lipinski definition) is 0. The Labute approximate surface area is 120 Å². The van der Waals surface area contributed by atoms with Crippen molar-refractivity contribution < 1.29 is 0 Å². The van der Waals surface area contributed by atoms with Crippen LogP contribution in [-0.4, -0.2) is 17.7 Å². The molecule has 0 aromatic heterocycles. The maximum atomic E-state index is 2.26. The Morgan fingerprint density at radius 3 is 1.67 bits per heavy atom. The predicted molar refractivity (Wildman–Crippen MR) is 79.1 cm³/mol. The first kappa shape index (κ1) is 13.5. The molecule has 2 rings (SSSR count). The molecule has 0 aliphatic heterocycles. The van der Waals surface area contributed by atoms with Gasteiger partial charge in [0.15, 0.2) is 0 Å². The van der Waals surface area contributed by atoms with Gasteiger partial charge < -0.3 is 0 Å². The summed E-state index contributed by atoms with van der Waals surface area (Å²) in [6.45, 7) is 0. The quantitative estimate of drug-likeness (QED) is 0.503. The zero-order valence-electron chi connectivity index (χ0n) is 11.2. The van der Waals surface area contributed by atoms with Crippen LogP contribution in [0, 0.1) is 0 Å². The van der Waals surface area contributed by atoms with Crippen molar-refractivity contribution in [3.8, 4) is 0 Å². The topological polar surface area (TPSA) is 0 Å². The maximum absolute atomic E-state index is 2.26. The van der Waals surface area contributed by atoms with Crippen molar-refractivity contribution in [2.24, 2.45) is 0 Å². The average molecular weight is 230 g/mol. The van der Waals surface area contributed by atoms with Crippen LogP contribution in [0.4, 0.5) is 0 Å². The van der Waals surface area contributed by atoms with Crippen molar-refractivity contribution in [1.29, 1.82) is 0 Å². The Morgan fingerprint density at radius 2 is 1.22 bits per heavy atom. The number of benzene rings is 2. The molecule has 0 radical (unpaired) electrons. The van der Waals surface area contributed by atoms with Crippen LogP contribution in [0.15, 0.2) is 60.7 Å². The van der Waals surface area contributed by atoms with E-state index in [-0.39, 0.29) is 0 Å². The normalized spacial score (nSPS) is 10.8. The molecule has 0 aliphatic carbocycles. The van der Waals surface area contributed by atoms with Crippen LogP contribution < -0.4 is 0 Å². The molecular weight excluding hydrogens is 211 g/mol. The first-order valence-corrected chi connectivity index (χ1v) is 7.01. The molecule has 1 heteroatoms. The third kappa shape index (κ3) is 3.77. The molecule has 2 aromatic carbocycles. The Kier molecular flexibility index (Phi) is 5.59. The SMILES string of the molecule is [Li][CH2]CCCC(c1ccccc1)c1ccccc1. The van der Waals surface area contributed by atoms with E-state index in [0.717, 1.165) is 0 Å². The summed E-state index contributed by atoms with van der Waals surface area (Å²) in [5, 5.41) is 1.29. The van der Waals surface area contributed by atoms with E-state index in [9.17, 15) is 0 Å². The number of unbranched alkanes of at least 4 members (excludes halogenated alkanes) is 1. The summed E-state index contributed by atoms with van der Waals surface area (Å²) in [6, 6.07) is 21.8. The molecule has 88 valence electrons.